The van der Waals surface area contributed by atoms with Crippen molar-refractivity contribution >= 4 is 84.6 Å². The van der Waals surface area contributed by atoms with Crippen LogP contribution in [-0.2, 0) is 21.7 Å². The van der Waals surface area contributed by atoms with Gasteiger partial charge in [-0.15, -0.1) is 22.7 Å². The number of hydrogen-bond donors (Lipinski definition) is 0. The van der Waals surface area contributed by atoms with Crippen LogP contribution in [0.3, 0.4) is 0 Å². The summed E-state index contributed by atoms with van der Waals surface area (Å²) in [6, 6.07) is 166. The second-order valence-electron chi connectivity index (χ2n) is 36.8. The lowest BCUT2D eigenvalue weighted by atomic mass is 9.52. The third kappa shape index (κ3) is 9.67. The fourth-order valence-electron chi connectivity index (χ4n) is 25.5. The maximum Gasteiger partial charge on any atom is 0.164 e. The molecule has 0 bridgehead atoms. The Morgan fingerprint density at radius 1 is 0.157 bits per heavy atom. The molecule has 20 aromatic carbocycles. The van der Waals surface area contributed by atoms with Gasteiger partial charge >= 0.3 is 0 Å². The highest BCUT2D eigenvalue weighted by Crippen LogP contribution is 2.72. The van der Waals surface area contributed by atoms with Gasteiger partial charge in [0, 0.05) is 73.7 Å². The zero-order valence-electron chi connectivity index (χ0n) is 72.2. The molecule has 4 spiro atoms. The smallest absolute Gasteiger partial charge is 0.164 e. The minimum absolute atomic E-state index is 0.581. The predicted octanol–water partition coefficient (Wildman–Crippen LogP) is 31.5. The van der Waals surface area contributed by atoms with E-state index in [0.717, 1.165) is 72.1 Å². The van der Waals surface area contributed by atoms with Crippen LogP contribution in [0.5, 0.6) is 0 Å². The van der Waals surface area contributed by atoms with Gasteiger partial charge in [0.2, 0.25) is 0 Å². The van der Waals surface area contributed by atoms with Crippen molar-refractivity contribution in [2.45, 2.75) is 21.7 Å². The van der Waals surface area contributed by atoms with Crippen LogP contribution in [0, 0.1) is 0 Å². The molecule has 0 saturated carbocycles. The van der Waals surface area contributed by atoms with E-state index in [9.17, 15) is 0 Å². The van der Waals surface area contributed by atoms with Gasteiger partial charge in [0.25, 0.3) is 0 Å². The molecular weight excluding hydrogens is 1660 g/mol. The first-order chi connectivity index (χ1) is 66.4. The van der Waals surface area contributed by atoms with E-state index in [1.807, 2.05) is 22.7 Å². The first kappa shape index (κ1) is 74.3. The minimum Gasteiger partial charge on any atom is -0.228 e. The summed E-state index contributed by atoms with van der Waals surface area (Å²) in [6.07, 6.45) is 0. The zero-order valence-corrected chi connectivity index (χ0v) is 73.8. The molecule has 0 aliphatic heterocycles. The molecule has 0 saturated heterocycles. The van der Waals surface area contributed by atoms with Crippen molar-refractivity contribution in [3.05, 3.63) is 532 Å². The normalized spacial score (nSPS) is 14.4. The molecule has 0 N–H and O–H groups in total. The third-order valence-corrected chi connectivity index (χ3v) is 33.1. The van der Waals surface area contributed by atoms with Gasteiger partial charge in [-0.1, -0.05) is 406 Å². The number of hydrogen-bond acceptors (Lipinski definition) is 7. The van der Waals surface area contributed by atoms with Crippen molar-refractivity contribution in [1.29, 1.82) is 0 Å². The Hall–Kier alpha value is -16.6. The van der Waals surface area contributed by atoms with Crippen molar-refractivity contribution in [3.8, 4) is 124 Å². The molecule has 6 aliphatic rings. The van der Waals surface area contributed by atoms with Gasteiger partial charge in [0.15, 0.2) is 23.3 Å². The van der Waals surface area contributed by atoms with Gasteiger partial charge in [0.05, 0.1) is 33.0 Å². The highest BCUT2D eigenvalue weighted by atomic mass is 32.1. The van der Waals surface area contributed by atoms with Crippen LogP contribution in [0.2, 0.25) is 0 Å². The van der Waals surface area contributed by atoms with Crippen molar-refractivity contribution in [1.82, 2.24) is 24.9 Å². The first-order valence-corrected chi connectivity index (χ1v) is 47.9. The number of benzene rings is 20. The third-order valence-electron chi connectivity index (χ3n) is 30.7. The van der Waals surface area contributed by atoms with Crippen LogP contribution in [0.4, 0.5) is 0 Å². The summed E-state index contributed by atoms with van der Waals surface area (Å²) in [5.41, 5.74) is 37.7. The van der Waals surface area contributed by atoms with Crippen molar-refractivity contribution in [2.24, 2.45) is 0 Å². The summed E-state index contributed by atoms with van der Waals surface area (Å²) in [6.45, 7) is 0. The van der Waals surface area contributed by atoms with E-state index in [-0.39, 0.29) is 0 Å². The van der Waals surface area contributed by atoms with Gasteiger partial charge < -0.3 is 0 Å². The Bertz CT molecular complexity index is 9110. The van der Waals surface area contributed by atoms with E-state index in [0.29, 0.717) is 23.3 Å². The topological polar surface area (TPSA) is 64.5 Å². The van der Waals surface area contributed by atoms with Gasteiger partial charge in [-0.05, 0) is 203 Å². The second kappa shape index (κ2) is 27.5. The van der Waals surface area contributed by atoms with Crippen LogP contribution >= 0.6 is 22.7 Å². The Morgan fingerprint density at radius 3 is 1.01 bits per heavy atom. The van der Waals surface area contributed by atoms with Crippen LogP contribution in [0.25, 0.3) is 186 Å². The summed E-state index contributed by atoms with van der Waals surface area (Å²) >= 11 is 3.84. The minimum atomic E-state index is -0.783. The summed E-state index contributed by atoms with van der Waals surface area (Å²) in [5, 5.41) is 9.49. The molecule has 7 heteroatoms. The van der Waals surface area contributed by atoms with Crippen molar-refractivity contribution in [2.75, 3.05) is 0 Å². The first-order valence-electron chi connectivity index (χ1n) is 46.2. The van der Waals surface area contributed by atoms with Crippen molar-refractivity contribution < 1.29 is 0 Å². The molecule has 4 aromatic heterocycles. The average molecular weight is 1730 g/mol. The molecule has 0 fully saturated rings. The molecule has 0 radical (unpaired) electrons. The molecule has 24 aromatic rings. The van der Waals surface area contributed by atoms with Crippen LogP contribution in [0.15, 0.2) is 443 Å². The van der Waals surface area contributed by atoms with Crippen molar-refractivity contribution in [3.63, 3.8) is 0 Å². The van der Waals surface area contributed by atoms with Crippen LogP contribution < -0.4 is 0 Å². The number of thiophene rings is 2. The highest BCUT2D eigenvalue weighted by Gasteiger charge is 2.62. The number of aromatic nitrogens is 5. The molecule has 30 rings (SSSR count). The molecule has 5 nitrogen and oxygen atoms in total. The van der Waals surface area contributed by atoms with Gasteiger partial charge in [-0.25, -0.2) is 24.9 Å². The Balaban J connectivity index is 0.585. The predicted molar refractivity (Wildman–Crippen MR) is 551 cm³/mol. The molecule has 0 amide bonds. The van der Waals surface area contributed by atoms with E-state index in [4.69, 9.17) is 24.9 Å². The number of fused-ring (bicyclic) bond motifs is 42. The monoisotopic (exact) mass is 1730 g/mol. The fraction of sp³-hybridized carbons (Fsp3) is 0.0315. The summed E-state index contributed by atoms with van der Waals surface area (Å²) < 4.78 is 5.07. The average Bonchev–Trinajstić information content (AvgIpc) is 1.47. The lowest BCUT2D eigenvalue weighted by molar-refractivity contribution is 0.636. The SMILES string of the molecule is c1ccc(-c2cc(-c3cccc4ccccc34)nc(-c3ccc4c(c3)-c3ccc5c(sc6ccc(-c7ccc(-c8nc(-c9ccc%10c(c9)-c9ccc%11c(sc%12ccccc%12%11)c9C%109c%10ccccc%10C%10(c%11ccccc%11-c%11ccccc%11%10)c%10ccccc%109)nc(-c9cccc%10ccccc9%10)n8)cc7)cc65)c3C43c4ccccc4C4(c5ccccc5-c5ccccc54)c4ccccc43)n2)cc1. The fourth-order valence-corrected chi connectivity index (χ4v) is 28.1. The molecule has 4 heterocycles. The molecule has 0 atom stereocenters. The lowest BCUT2D eigenvalue weighted by Crippen LogP contribution is -2.43. The summed E-state index contributed by atoms with van der Waals surface area (Å²) in [7, 11) is 0. The molecule has 6 aliphatic carbocycles. The largest absolute Gasteiger partial charge is 0.228 e. The Morgan fingerprint density at radius 2 is 0.500 bits per heavy atom. The quantitative estimate of drug-likeness (QED) is 0.159. The van der Waals surface area contributed by atoms with E-state index >= 15 is 0 Å². The van der Waals surface area contributed by atoms with E-state index in [1.165, 1.54) is 179 Å². The summed E-state index contributed by atoms with van der Waals surface area (Å²) in [4.78, 5) is 28.0. The highest BCUT2D eigenvalue weighted by molar-refractivity contribution is 7.26. The molecule has 618 valence electrons. The maximum absolute atomic E-state index is 5.66. The van der Waals surface area contributed by atoms with Gasteiger partial charge in [0.1, 0.15) is 0 Å². The summed E-state index contributed by atoms with van der Waals surface area (Å²) in [5.74, 6) is 2.49. The Labute approximate surface area is 780 Å². The molecule has 134 heavy (non-hydrogen) atoms. The van der Waals surface area contributed by atoms with Crippen LogP contribution in [-0.4, -0.2) is 24.9 Å². The van der Waals surface area contributed by atoms with E-state index < -0.39 is 21.7 Å². The number of nitrogens with zero attached hydrogens (tertiary/aromatic N) is 5. The van der Waals surface area contributed by atoms with E-state index in [1.54, 1.807) is 0 Å². The molecule has 0 unspecified atom stereocenters. The zero-order chi connectivity index (χ0) is 87.4. The lowest BCUT2D eigenvalue weighted by Gasteiger charge is -2.49. The van der Waals surface area contributed by atoms with Crippen LogP contribution in [0.1, 0.15) is 89.0 Å². The second-order valence-corrected chi connectivity index (χ2v) is 38.9. The number of rotatable bonds is 7. The maximum atomic E-state index is 5.66. The Kier molecular flexibility index (Phi) is 15.3. The standard InChI is InChI=1S/C127H73N5S2/c1-2-30-77(31-3-1)112-73-113(88-41-26-32-75-28-4-6-34-82(75)88)129-121(128-112)80-60-67-102-95(71-80)91-64-66-93-97-70-79(62-69-115(97)134-119(93)117(91)127(102)110-53-23-19-49-106(110)125(107-50-20-24-54-111(107)127)100-45-15-10-38-86(100)87-39-11-16-46-101(87)125)74-56-58-78(59-57-74)120-130-122(132-123(131-120)94-42-27-33-76-29-5-7-35-83(76)94)81-61-68-103-96(72-81)90-63-65-92-89-40-12-25-55-114(89)133-118(92)116(90)126(103)108-51-21-17-47-104(108)124(105-48-18-22-52-109(105)126)98-43-13-8-36-84(98)85-37-9-14-44-99(85)124/h1-73H. The van der Waals surface area contributed by atoms with E-state index in [2.05, 4.69) is 443 Å². The molecular formula is C127H73N5S2. The van der Waals surface area contributed by atoms with Gasteiger partial charge in [-0.2, -0.15) is 0 Å². The van der Waals surface area contributed by atoms with Gasteiger partial charge in [-0.3, -0.25) is 0 Å².